The first-order chi connectivity index (χ1) is 16.0. The Morgan fingerprint density at radius 2 is 1.91 bits per heavy atom. The Balaban J connectivity index is 1.16. The molecule has 7 heteroatoms. The molecular weight excluding hydrogens is 482 g/mol. The zero-order valence-corrected chi connectivity index (χ0v) is 20.2. The van der Waals surface area contributed by atoms with Crippen LogP contribution in [-0.2, 0) is 29.0 Å². The number of aryl methyl sites for hydroxylation is 1. The van der Waals surface area contributed by atoms with E-state index in [0.29, 0.717) is 18.5 Å². The molecule has 0 radical (unpaired) electrons. The summed E-state index contributed by atoms with van der Waals surface area (Å²) >= 11 is 3.58. The van der Waals surface area contributed by atoms with Crippen LogP contribution >= 0.6 is 15.9 Å². The molecule has 33 heavy (non-hydrogen) atoms. The van der Waals surface area contributed by atoms with Crippen LogP contribution in [0.15, 0.2) is 40.9 Å². The van der Waals surface area contributed by atoms with E-state index < -0.39 is 6.04 Å². The second-order valence-corrected chi connectivity index (χ2v) is 10.1. The number of anilines is 1. The lowest BCUT2D eigenvalue weighted by Crippen LogP contribution is -2.52. The quantitative estimate of drug-likeness (QED) is 0.452. The molecular formula is C26H28BrN3O3. The smallest absolute Gasteiger partial charge is 0.255 e. The Labute approximate surface area is 202 Å². The van der Waals surface area contributed by atoms with E-state index in [4.69, 9.17) is 0 Å². The SMILES string of the molecule is O=C1CCC(N2Cc3c(CCCCCN4CCc5ccc(Br)cc54)cccc3C2=O)C(=O)N1. The van der Waals surface area contributed by atoms with Crippen molar-refractivity contribution in [3.8, 4) is 0 Å². The number of piperidine rings is 1. The number of amides is 3. The minimum absolute atomic E-state index is 0.0970. The molecule has 0 bridgehead atoms. The molecule has 1 unspecified atom stereocenters. The number of hydrogen-bond donors (Lipinski definition) is 1. The van der Waals surface area contributed by atoms with Crippen LogP contribution < -0.4 is 10.2 Å². The summed E-state index contributed by atoms with van der Waals surface area (Å²) in [5.41, 5.74) is 5.74. The molecule has 0 aromatic heterocycles. The maximum atomic E-state index is 13.0. The van der Waals surface area contributed by atoms with Gasteiger partial charge >= 0.3 is 0 Å². The van der Waals surface area contributed by atoms with Gasteiger partial charge in [-0.25, -0.2) is 0 Å². The molecule has 0 spiro atoms. The fourth-order valence-electron chi connectivity index (χ4n) is 5.33. The lowest BCUT2D eigenvalue weighted by molar-refractivity contribution is -0.136. The third-order valence-electron chi connectivity index (χ3n) is 7.09. The van der Waals surface area contributed by atoms with E-state index in [0.717, 1.165) is 55.2 Å². The van der Waals surface area contributed by atoms with Gasteiger partial charge in [0, 0.05) is 41.8 Å². The summed E-state index contributed by atoms with van der Waals surface area (Å²) in [6.07, 6.45) is 6.08. The van der Waals surface area contributed by atoms with Crippen LogP contribution in [0.4, 0.5) is 5.69 Å². The van der Waals surface area contributed by atoms with Crippen LogP contribution in [0.25, 0.3) is 0 Å². The van der Waals surface area contributed by atoms with Crippen LogP contribution in [0.2, 0.25) is 0 Å². The van der Waals surface area contributed by atoms with Crippen LogP contribution in [0, 0.1) is 0 Å². The Bertz CT molecular complexity index is 1120. The number of rotatable bonds is 7. The van der Waals surface area contributed by atoms with Crippen molar-refractivity contribution in [1.82, 2.24) is 10.2 Å². The minimum atomic E-state index is -0.557. The highest BCUT2D eigenvalue weighted by molar-refractivity contribution is 9.10. The molecule has 1 N–H and O–H groups in total. The van der Waals surface area contributed by atoms with Gasteiger partial charge in [-0.05, 0) is 67.0 Å². The van der Waals surface area contributed by atoms with Crippen molar-refractivity contribution in [2.45, 2.75) is 57.5 Å². The maximum absolute atomic E-state index is 13.0. The summed E-state index contributed by atoms with van der Waals surface area (Å²) in [5, 5.41) is 2.37. The number of carbonyl (C=O) groups is 3. The monoisotopic (exact) mass is 509 g/mol. The number of hydrogen-bond acceptors (Lipinski definition) is 4. The average molecular weight is 510 g/mol. The van der Waals surface area contributed by atoms with Crippen molar-refractivity contribution in [2.24, 2.45) is 0 Å². The Morgan fingerprint density at radius 1 is 1.03 bits per heavy atom. The molecule has 3 aliphatic rings. The van der Waals surface area contributed by atoms with Crippen LogP contribution in [0.1, 0.15) is 59.2 Å². The molecule has 2 aromatic rings. The van der Waals surface area contributed by atoms with Crippen molar-refractivity contribution in [2.75, 3.05) is 18.0 Å². The number of benzene rings is 2. The van der Waals surface area contributed by atoms with Gasteiger partial charge in [0.1, 0.15) is 6.04 Å². The van der Waals surface area contributed by atoms with Gasteiger partial charge in [0.15, 0.2) is 0 Å². The van der Waals surface area contributed by atoms with Gasteiger partial charge in [0.05, 0.1) is 0 Å². The number of carbonyl (C=O) groups excluding carboxylic acids is 3. The highest BCUT2D eigenvalue weighted by Crippen LogP contribution is 2.32. The van der Waals surface area contributed by atoms with E-state index in [-0.39, 0.29) is 24.1 Å². The summed E-state index contributed by atoms with van der Waals surface area (Å²) in [6.45, 7) is 2.62. The highest BCUT2D eigenvalue weighted by atomic mass is 79.9. The maximum Gasteiger partial charge on any atom is 0.255 e. The number of nitrogens with one attached hydrogen (secondary N) is 1. The van der Waals surface area contributed by atoms with E-state index in [1.165, 1.54) is 16.8 Å². The molecule has 5 rings (SSSR count). The van der Waals surface area contributed by atoms with Gasteiger partial charge in [0.25, 0.3) is 5.91 Å². The van der Waals surface area contributed by atoms with Crippen LogP contribution in [0.3, 0.4) is 0 Å². The predicted octanol–water partition coefficient (Wildman–Crippen LogP) is 3.99. The first-order valence-electron chi connectivity index (χ1n) is 11.8. The number of unbranched alkanes of at least 4 members (excludes halogenated alkanes) is 2. The average Bonchev–Trinajstić information content (AvgIpc) is 3.35. The second-order valence-electron chi connectivity index (χ2n) is 9.16. The zero-order chi connectivity index (χ0) is 22.9. The first kappa shape index (κ1) is 22.1. The van der Waals surface area contributed by atoms with Gasteiger partial charge in [0.2, 0.25) is 11.8 Å². The third-order valence-corrected chi connectivity index (χ3v) is 7.59. The van der Waals surface area contributed by atoms with Gasteiger partial charge in [-0.15, -0.1) is 0 Å². The van der Waals surface area contributed by atoms with Gasteiger partial charge in [-0.1, -0.05) is 40.5 Å². The normalized spacial score (nSPS) is 19.7. The molecule has 3 heterocycles. The Kier molecular flexibility index (Phi) is 6.23. The van der Waals surface area contributed by atoms with Crippen molar-refractivity contribution < 1.29 is 14.4 Å². The molecule has 1 saturated heterocycles. The fourth-order valence-corrected chi connectivity index (χ4v) is 5.68. The topological polar surface area (TPSA) is 69.7 Å². The Morgan fingerprint density at radius 3 is 2.76 bits per heavy atom. The predicted molar refractivity (Wildman–Crippen MR) is 130 cm³/mol. The molecule has 2 aromatic carbocycles. The number of halogens is 1. The molecule has 3 aliphatic heterocycles. The molecule has 0 saturated carbocycles. The third kappa shape index (κ3) is 4.43. The van der Waals surface area contributed by atoms with E-state index in [1.54, 1.807) is 4.90 Å². The van der Waals surface area contributed by atoms with E-state index in [1.807, 2.05) is 12.1 Å². The fraction of sp³-hybridized carbons (Fsp3) is 0.423. The zero-order valence-electron chi connectivity index (χ0n) is 18.6. The van der Waals surface area contributed by atoms with E-state index in [9.17, 15) is 14.4 Å². The molecule has 172 valence electrons. The first-order valence-corrected chi connectivity index (χ1v) is 12.6. The Hall–Kier alpha value is -2.67. The van der Waals surface area contributed by atoms with Crippen molar-refractivity contribution in [3.05, 3.63) is 63.1 Å². The number of nitrogens with zero attached hydrogens (tertiary/aromatic N) is 2. The molecule has 3 amide bonds. The second kappa shape index (κ2) is 9.29. The van der Waals surface area contributed by atoms with E-state index in [2.05, 4.69) is 50.4 Å². The van der Waals surface area contributed by atoms with Crippen molar-refractivity contribution in [3.63, 3.8) is 0 Å². The largest absolute Gasteiger partial charge is 0.371 e. The highest BCUT2D eigenvalue weighted by Gasteiger charge is 2.39. The summed E-state index contributed by atoms with van der Waals surface area (Å²) in [5.74, 6) is -0.712. The number of fused-ring (bicyclic) bond motifs is 2. The summed E-state index contributed by atoms with van der Waals surface area (Å²) in [7, 11) is 0. The molecule has 6 nitrogen and oxygen atoms in total. The summed E-state index contributed by atoms with van der Waals surface area (Å²) in [4.78, 5) is 40.9. The molecule has 0 aliphatic carbocycles. The van der Waals surface area contributed by atoms with Crippen molar-refractivity contribution >= 4 is 39.3 Å². The summed E-state index contributed by atoms with van der Waals surface area (Å²) < 4.78 is 1.13. The van der Waals surface area contributed by atoms with Gasteiger partial charge in [-0.3, -0.25) is 19.7 Å². The van der Waals surface area contributed by atoms with Crippen LogP contribution in [-0.4, -0.2) is 41.8 Å². The van der Waals surface area contributed by atoms with E-state index >= 15 is 0 Å². The van der Waals surface area contributed by atoms with Gasteiger partial charge in [-0.2, -0.15) is 0 Å². The lowest BCUT2D eigenvalue weighted by Gasteiger charge is -2.29. The molecule has 1 fully saturated rings. The molecule has 1 atom stereocenters. The minimum Gasteiger partial charge on any atom is -0.371 e. The van der Waals surface area contributed by atoms with Gasteiger partial charge < -0.3 is 9.80 Å². The standard InChI is InChI=1S/C26H28BrN3O3/c27-19-9-8-18-12-14-29(23(18)15-19)13-3-1-2-5-17-6-4-7-20-21(17)16-30(26(20)33)22-10-11-24(31)28-25(22)32/h4,6-9,15,22H,1-3,5,10-14,16H2,(H,28,31,32). The summed E-state index contributed by atoms with van der Waals surface area (Å²) in [6, 6.07) is 11.9. The lowest BCUT2D eigenvalue weighted by atomic mass is 9.98. The van der Waals surface area contributed by atoms with Crippen molar-refractivity contribution in [1.29, 1.82) is 0 Å². The number of imide groups is 1. The van der Waals surface area contributed by atoms with Crippen LogP contribution in [0.5, 0.6) is 0 Å².